The maximum Gasteiger partial charge on any atom is 0.417 e. The molecular formula is C10H13F3N2O. The highest BCUT2D eigenvalue weighted by Crippen LogP contribution is 2.29. The predicted octanol–water partition coefficient (Wildman–Crippen LogP) is 1.92. The van der Waals surface area contributed by atoms with Crippen molar-refractivity contribution in [3.05, 3.63) is 23.9 Å². The number of alkyl halides is 3. The van der Waals surface area contributed by atoms with Gasteiger partial charge in [0.15, 0.2) is 0 Å². The van der Waals surface area contributed by atoms with Crippen molar-refractivity contribution in [2.24, 2.45) is 0 Å². The first-order valence-electron chi connectivity index (χ1n) is 4.88. The number of pyridine rings is 1. The normalized spacial score (nSPS) is 11.6. The second-order valence-electron chi connectivity index (χ2n) is 3.21. The number of aliphatic hydroxyl groups excluding tert-OH is 1. The lowest BCUT2D eigenvalue weighted by molar-refractivity contribution is -0.137. The van der Waals surface area contributed by atoms with Gasteiger partial charge in [0.1, 0.15) is 5.82 Å². The molecule has 0 fully saturated rings. The Hall–Kier alpha value is -1.30. The fraction of sp³-hybridized carbons (Fsp3) is 0.500. The Morgan fingerprint density at radius 3 is 2.44 bits per heavy atom. The van der Waals surface area contributed by atoms with Gasteiger partial charge in [0.05, 0.1) is 12.2 Å². The van der Waals surface area contributed by atoms with E-state index in [0.717, 1.165) is 12.3 Å². The number of halogens is 3. The lowest BCUT2D eigenvalue weighted by atomic mass is 10.2. The zero-order chi connectivity index (χ0) is 12.2. The molecule has 16 heavy (non-hydrogen) atoms. The van der Waals surface area contributed by atoms with Gasteiger partial charge in [-0.1, -0.05) is 0 Å². The second kappa shape index (κ2) is 5.16. The highest BCUT2D eigenvalue weighted by Gasteiger charge is 2.30. The molecule has 0 saturated heterocycles. The minimum absolute atomic E-state index is 0.0590. The van der Waals surface area contributed by atoms with Gasteiger partial charge in [-0.05, 0) is 19.1 Å². The summed E-state index contributed by atoms with van der Waals surface area (Å²) in [4.78, 5) is 5.42. The predicted molar refractivity (Wildman–Crippen MR) is 54.2 cm³/mol. The molecule has 0 aliphatic carbocycles. The van der Waals surface area contributed by atoms with Gasteiger partial charge in [-0.2, -0.15) is 13.2 Å². The van der Waals surface area contributed by atoms with Crippen molar-refractivity contribution in [3.63, 3.8) is 0 Å². The molecule has 0 amide bonds. The van der Waals surface area contributed by atoms with Gasteiger partial charge in [-0.3, -0.25) is 0 Å². The van der Waals surface area contributed by atoms with Crippen molar-refractivity contribution >= 4 is 5.82 Å². The Bertz CT molecular complexity index is 324. The molecule has 6 heteroatoms. The van der Waals surface area contributed by atoms with E-state index in [4.69, 9.17) is 5.11 Å². The fourth-order valence-electron chi connectivity index (χ4n) is 1.30. The van der Waals surface area contributed by atoms with Gasteiger partial charge in [-0.25, -0.2) is 4.98 Å². The summed E-state index contributed by atoms with van der Waals surface area (Å²) < 4.78 is 36.8. The second-order valence-corrected chi connectivity index (χ2v) is 3.21. The number of hydrogen-bond acceptors (Lipinski definition) is 3. The molecule has 90 valence electrons. The van der Waals surface area contributed by atoms with Crippen LogP contribution in [-0.2, 0) is 6.18 Å². The average molecular weight is 234 g/mol. The Kier molecular flexibility index (Phi) is 4.12. The zero-order valence-corrected chi connectivity index (χ0v) is 8.83. The monoisotopic (exact) mass is 234 g/mol. The summed E-state index contributed by atoms with van der Waals surface area (Å²) in [6.45, 7) is 2.72. The van der Waals surface area contributed by atoms with Gasteiger partial charge in [0, 0.05) is 19.3 Å². The van der Waals surface area contributed by atoms with Crippen molar-refractivity contribution in [2.75, 3.05) is 24.6 Å². The molecule has 1 aromatic heterocycles. The van der Waals surface area contributed by atoms with E-state index >= 15 is 0 Å². The number of rotatable bonds is 4. The van der Waals surface area contributed by atoms with Gasteiger partial charge in [0.2, 0.25) is 0 Å². The highest BCUT2D eigenvalue weighted by molar-refractivity contribution is 5.39. The molecular weight excluding hydrogens is 221 g/mol. The summed E-state index contributed by atoms with van der Waals surface area (Å²) in [5.41, 5.74) is -0.767. The molecule has 0 saturated carbocycles. The van der Waals surface area contributed by atoms with Crippen LogP contribution in [0.15, 0.2) is 18.3 Å². The first kappa shape index (κ1) is 12.8. The Balaban J connectivity index is 2.85. The van der Waals surface area contributed by atoms with Crippen LogP contribution in [0, 0.1) is 0 Å². The summed E-state index contributed by atoms with van der Waals surface area (Å²) in [7, 11) is 0. The number of nitrogens with zero attached hydrogens (tertiary/aromatic N) is 2. The van der Waals surface area contributed by atoms with Crippen molar-refractivity contribution < 1.29 is 18.3 Å². The van der Waals surface area contributed by atoms with Crippen molar-refractivity contribution in [3.8, 4) is 0 Å². The summed E-state index contributed by atoms with van der Waals surface area (Å²) in [5, 5.41) is 8.76. The summed E-state index contributed by atoms with van der Waals surface area (Å²) in [6.07, 6.45) is -3.56. The topological polar surface area (TPSA) is 36.4 Å². The molecule has 0 bridgehead atoms. The van der Waals surface area contributed by atoms with Crippen LogP contribution in [-0.4, -0.2) is 29.8 Å². The number of aromatic nitrogens is 1. The molecule has 1 rings (SSSR count). The first-order valence-corrected chi connectivity index (χ1v) is 4.88. The van der Waals surface area contributed by atoms with E-state index in [1.165, 1.54) is 6.07 Å². The van der Waals surface area contributed by atoms with Crippen LogP contribution in [0.2, 0.25) is 0 Å². The van der Waals surface area contributed by atoms with E-state index in [9.17, 15) is 13.2 Å². The average Bonchev–Trinajstić information content (AvgIpc) is 2.25. The van der Waals surface area contributed by atoms with E-state index in [1.807, 2.05) is 6.92 Å². The Morgan fingerprint density at radius 2 is 2.06 bits per heavy atom. The minimum atomic E-state index is -4.36. The Morgan fingerprint density at radius 1 is 1.38 bits per heavy atom. The molecule has 1 N–H and O–H groups in total. The molecule has 0 atom stereocenters. The third-order valence-corrected chi connectivity index (χ3v) is 2.15. The SMILES string of the molecule is CCN(CCO)c1ccc(C(F)(F)F)cn1. The smallest absolute Gasteiger partial charge is 0.395 e. The first-order chi connectivity index (χ1) is 7.49. The molecule has 0 aromatic carbocycles. The molecule has 0 aliphatic heterocycles. The lowest BCUT2D eigenvalue weighted by Gasteiger charge is -2.20. The molecule has 0 aliphatic rings. The van der Waals surface area contributed by atoms with Crippen LogP contribution >= 0.6 is 0 Å². The molecule has 0 spiro atoms. The lowest BCUT2D eigenvalue weighted by Crippen LogP contribution is -2.27. The molecule has 3 nitrogen and oxygen atoms in total. The largest absolute Gasteiger partial charge is 0.417 e. The number of aliphatic hydroxyl groups is 1. The standard InChI is InChI=1S/C10H13F3N2O/c1-2-15(5-6-16)9-4-3-8(7-14-9)10(11,12)13/h3-4,7,16H,2,5-6H2,1H3. The van der Waals surface area contributed by atoms with Crippen molar-refractivity contribution in [1.29, 1.82) is 0 Å². The third-order valence-electron chi connectivity index (χ3n) is 2.15. The van der Waals surface area contributed by atoms with Crippen LogP contribution in [0.1, 0.15) is 12.5 Å². The van der Waals surface area contributed by atoms with Crippen LogP contribution in [0.4, 0.5) is 19.0 Å². The Labute approximate surface area is 91.5 Å². The van der Waals surface area contributed by atoms with Crippen molar-refractivity contribution in [1.82, 2.24) is 4.98 Å². The van der Waals surface area contributed by atoms with Gasteiger partial charge in [0.25, 0.3) is 0 Å². The fourth-order valence-corrected chi connectivity index (χ4v) is 1.30. The van der Waals surface area contributed by atoms with E-state index in [0.29, 0.717) is 18.9 Å². The quantitative estimate of drug-likeness (QED) is 0.864. The van der Waals surface area contributed by atoms with Crippen LogP contribution in [0.3, 0.4) is 0 Å². The van der Waals surface area contributed by atoms with Crippen molar-refractivity contribution in [2.45, 2.75) is 13.1 Å². The molecule has 0 unspecified atom stereocenters. The molecule has 0 radical (unpaired) electrons. The summed E-state index contributed by atoms with van der Waals surface area (Å²) in [5.74, 6) is 0.435. The van der Waals surface area contributed by atoms with Crippen LogP contribution < -0.4 is 4.90 Å². The number of anilines is 1. The number of likely N-dealkylation sites (N-methyl/N-ethyl adjacent to an activating group) is 1. The third kappa shape index (κ3) is 3.10. The van der Waals surface area contributed by atoms with E-state index in [2.05, 4.69) is 4.98 Å². The molecule has 1 heterocycles. The van der Waals surface area contributed by atoms with E-state index < -0.39 is 11.7 Å². The minimum Gasteiger partial charge on any atom is -0.395 e. The zero-order valence-electron chi connectivity index (χ0n) is 8.83. The maximum atomic E-state index is 12.3. The van der Waals surface area contributed by atoms with Gasteiger partial charge < -0.3 is 10.0 Å². The molecule has 1 aromatic rings. The van der Waals surface area contributed by atoms with Gasteiger partial charge >= 0.3 is 6.18 Å². The summed E-state index contributed by atoms with van der Waals surface area (Å²) >= 11 is 0. The highest BCUT2D eigenvalue weighted by atomic mass is 19.4. The maximum absolute atomic E-state index is 12.3. The van der Waals surface area contributed by atoms with Crippen LogP contribution in [0.25, 0.3) is 0 Å². The van der Waals surface area contributed by atoms with Crippen LogP contribution in [0.5, 0.6) is 0 Å². The van der Waals surface area contributed by atoms with E-state index in [1.54, 1.807) is 4.90 Å². The van der Waals surface area contributed by atoms with E-state index in [-0.39, 0.29) is 6.61 Å². The summed E-state index contributed by atoms with van der Waals surface area (Å²) in [6, 6.07) is 2.30. The number of hydrogen-bond donors (Lipinski definition) is 1. The van der Waals surface area contributed by atoms with Gasteiger partial charge in [-0.15, -0.1) is 0 Å².